The van der Waals surface area contributed by atoms with Gasteiger partial charge >= 0.3 is 7.60 Å². The standard InChI is InChI=1S/C12H19N2O4P/c1-3-17-19(16,18-4-2)9-10-5-6-14-11(7-10)8-12(13)15/h5-7H,3-4,8-9H2,1-2H3,(H2,13,15). The highest BCUT2D eigenvalue weighted by molar-refractivity contribution is 7.53. The molecule has 106 valence electrons. The average Bonchev–Trinajstić information content (AvgIpc) is 2.28. The molecule has 1 aromatic rings. The number of hydrogen-bond acceptors (Lipinski definition) is 5. The van der Waals surface area contributed by atoms with Gasteiger partial charge in [0.25, 0.3) is 0 Å². The molecule has 6 nitrogen and oxygen atoms in total. The third kappa shape index (κ3) is 5.51. The van der Waals surface area contributed by atoms with Gasteiger partial charge in [-0.2, -0.15) is 0 Å². The quantitative estimate of drug-likeness (QED) is 0.737. The van der Waals surface area contributed by atoms with E-state index in [0.717, 1.165) is 5.56 Å². The van der Waals surface area contributed by atoms with E-state index in [1.54, 1.807) is 32.2 Å². The number of hydrogen-bond donors (Lipinski definition) is 1. The van der Waals surface area contributed by atoms with Crippen LogP contribution >= 0.6 is 7.60 Å². The SMILES string of the molecule is CCOP(=O)(Cc1ccnc(CC(N)=O)c1)OCC. The van der Waals surface area contributed by atoms with Crippen molar-refractivity contribution in [3.05, 3.63) is 29.6 Å². The van der Waals surface area contributed by atoms with Gasteiger partial charge in [-0.05, 0) is 31.5 Å². The van der Waals surface area contributed by atoms with E-state index >= 15 is 0 Å². The minimum atomic E-state index is -3.14. The highest BCUT2D eigenvalue weighted by atomic mass is 31.2. The summed E-state index contributed by atoms with van der Waals surface area (Å²) in [5.74, 6) is -0.456. The number of amides is 1. The van der Waals surface area contributed by atoms with Crippen LogP contribution in [0.2, 0.25) is 0 Å². The number of carbonyl (C=O) groups excluding carboxylic acids is 1. The van der Waals surface area contributed by atoms with Crippen LogP contribution in [0, 0.1) is 0 Å². The first-order valence-corrected chi connectivity index (χ1v) is 7.82. The summed E-state index contributed by atoms with van der Waals surface area (Å²) in [6.45, 7) is 4.15. The molecule has 0 saturated carbocycles. The van der Waals surface area contributed by atoms with Crippen molar-refractivity contribution in [2.45, 2.75) is 26.4 Å². The zero-order valence-electron chi connectivity index (χ0n) is 11.2. The lowest BCUT2D eigenvalue weighted by Gasteiger charge is -2.17. The van der Waals surface area contributed by atoms with E-state index in [0.29, 0.717) is 18.9 Å². The van der Waals surface area contributed by atoms with Gasteiger partial charge in [0.2, 0.25) is 5.91 Å². The molecule has 0 aliphatic carbocycles. The molecule has 0 atom stereocenters. The summed E-state index contributed by atoms with van der Waals surface area (Å²) in [6.07, 6.45) is 1.76. The van der Waals surface area contributed by atoms with E-state index in [1.807, 2.05) is 0 Å². The van der Waals surface area contributed by atoms with Gasteiger partial charge < -0.3 is 14.8 Å². The summed E-state index contributed by atoms with van der Waals surface area (Å²) < 4.78 is 22.8. The molecular formula is C12H19N2O4P. The monoisotopic (exact) mass is 286 g/mol. The molecule has 0 radical (unpaired) electrons. The fourth-order valence-corrected chi connectivity index (χ4v) is 3.34. The molecule has 0 aliphatic rings. The fourth-order valence-electron chi connectivity index (χ4n) is 1.65. The molecule has 19 heavy (non-hydrogen) atoms. The van der Waals surface area contributed by atoms with Crippen molar-refractivity contribution in [3.63, 3.8) is 0 Å². The molecule has 0 unspecified atom stereocenters. The lowest BCUT2D eigenvalue weighted by molar-refractivity contribution is -0.117. The van der Waals surface area contributed by atoms with Gasteiger partial charge in [-0.3, -0.25) is 14.3 Å². The Morgan fingerprint density at radius 3 is 2.53 bits per heavy atom. The molecule has 7 heteroatoms. The van der Waals surface area contributed by atoms with Gasteiger partial charge in [0.15, 0.2) is 0 Å². The van der Waals surface area contributed by atoms with Crippen LogP contribution in [0.15, 0.2) is 18.3 Å². The molecule has 1 heterocycles. The molecule has 0 fully saturated rings. The summed E-state index contributed by atoms with van der Waals surface area (Å²) in [5, 5.41) is 0. The number of aromatic nitrogens is 1. The first-order valence-electron chi connectivity index (χ1n) is 6.09. The first-order chi connectivity index (χ1) is 8.99. The Balaban J connectivity index is 2.84. The number of nitrogens with two attached hydrogens (primary N) is 1. The zero-order valence-corrected chi connectivity index (χ0v) is 12.1. The predicted molar refractivity (Wildman–Crippen MR) is 71.7 cm³/mol. The molecule has 0 saturated heterocycles. The summed E-state index contributed by atoms with van der Waals surface area (Å²) in [5.41, 5.74) is 6.41. The smallest absolute Gasteiger partial charge is 0.335 e. The van der Waals surface area contributed by atoms with E-state index in [1.165, 1.54) is 0 Å². The summed E-state index contributed by atoms with van der Waals surface area (Å²) in [6, 6.07) is 3.41. The minimum Gasteiger partial charge on any atom is -0.369 e. The second-order valence-electron chi connectivity index (χ2n) is 3.90. The van der Waals surface area contributed by atoms with Crippen LogP contribution in [0.25, 0.3) is 0 Å². The second kappa shape index (κ2) is 7.38. The van der Waals surface area contributed by atoms with Crippen LogP contribution in [-0.2, 0) is 31.0 Å². The molecule has 1 aromatic heterocycles. The lowest BCUT2D eigenvalue weighted by Crippen LogP contribution is -2.14. The van der Waals surface area contributed by atoms with Gasteiger partial charge in [-0.25, -0.2) is 0 Å². The average molecular weight is 286 g/mol. The maximum atomic E-state index is 12.4. The first kappa shape index (κ1) is 15.8. The van der Waals surface area contributed by atoms with Crippen molar-refractivity contribution in [1.82, 2.24) is 4.98 Å². The number of carbonyl (C=O) groups is 1. The van der Waals surface area contributed by atoms with E-state index in [-0.39, 0.29) is 12.6 Å². The Bertz CT molecular complexity index is 469. The van der Waals surface area contributed by atoms with Crippen molar-refractivity contribution in [2.75, 3.05) is 13.2 Å². The highest BCUT2D eigenvalue weighted by Crippen LogP contribution is 2.51. The van der Waals surface area contributed by atoms with Gasteiger partial charge in [0, 0.05) is 11.9 Å². The molecule has 0 aromatic carbocycles. The van der Waals surface area contributed by atoms with Crippen molar-refractivity contribution >= 4 is 13.5 Å². The van der Waals surface area contributed by atoms with Gasteiger partial charge in [-0.1, -0.05) is 0 Å². The maximum Gasteiger partial charge on any atom is 0.335 e. The van der Waals surface area contributed by atoms with E-state index < -0.39 is 13.5 Å². The van der Waals surface area contributed by atoms with Crippen LogP contribution in [0.5, 0.6) is 0 Å². The third-order valence-electron chi connectivity index (χ3n) is 2.26. The molecule has 0 aliphatic heterocycles. The largest absolute Gasteiger partial charge is 0.369 e. The van der Waals surface area contributed by atoms with Crippen LogP contribution in [0.4, 0.5) is 0 Å². The van der Waals surface area contributed by atoms with Crippen molar-refractivity contribution in [3.8, 4) is 0 Å². The Hall–Kier alpha value is -1.23. The molecule has 0 bridgehead atoms. The number of rotatable bonds is 8. The Morgan fingerprint density at radius 2 is 2.00 bits per heavy atom. The highest BCUT2D eigenvalue weighted by Gasteiger charge is 2.24. The van der Waals surface area contributed by atoms with Crippen LogP contribution in [0.3, 0.4) is 0 Å². The van der Waals surface area contributed by atoms with Crippen molar-refractivity contribution in [2.24, 2.45) is 5.73 Å². The van der Waals surface area contributed by atoms with Gasteiger partial charge in [0.05, 0.1) is 25.8 Å². The normalized spacial score (nSPS) is 11.5. The van der Waals surface area contributed by atoms with Crippen LogP contribution in [0.1, 0.15) is 25.1 Å². The summed E-state index contributed by atoms with van der Waals surface area (Å²) >= 11 is 0. The lowest BCUT2D eigenvalue weighted by atomic mass is 10.2. The van der Waals surface area contributed by atoms with Crippen LogP contribution < -0.4 is 5.73 Å². The number of pyridine rings is 1. The van der Waals surface area contributed by atoms with E-state index in [4.69, 9.17) is 14.8 Å². The fraction of sp³-hybridized carbons (Fsp3) is 0.500. The van der Waals surface area contributed by atoms with E-state index in [9.17, 15) is 9.36 Å². The Labute approximate surface area is 112 Å². The summed E-state index contributed by atoms with van der Waals surface area (Å²) in [7, 11) is -3.14. The molecular weight excluding hydrogens is 267 g/mol. The number of primary amides is 1. The van der Waals surface area contributed by atoms with Crippen LogP contribution in [-0.4, -0.2) is 24.1 Å². The zero-order chi connectivity index (χ0) is 14.3. The molecule has 2 N–H and O–H groups in total. The Morgan fingerprint density at radius 1 is 1.37 bits per heavy atom. The topological polar surface area (TPSA) is 91.5 Å². The molecule has 0 spiro atoms. The number of nitrogens with zero attached hydrogens (tertiary/aromatic N) is 1. The summed E-state index contributed by atoms with van der Waals surface area (Å²) in [4.78, 5) is 14.9. The maximum absolute atomic E-state index is 12.4. The van der Waals surface area contributed by atoms with Gasteiger partial charge in [-0.15, -0.1) is 0 Å². The van der Waals surface area contributed by atoms with Crippen molar-refractivity contribution < 1.29 is 18.4 Å². The third-order valence-corrected chi connectivity index (χ3v) is 4.32. The van der Waals surface area contributed by atoms with Crippen molar-refractivity contribution in [1.29, 1.82) is 0 Å². The Kier molecular flexibility index (Phi) is 6.15. The van der Waals surface area contributed by atoms with E-state index in [2.05, 4.69) is 4.98 Å². The molecule has 1 amide bonds. The minimum absolute atomic E-state index is 0.0570. The second-order valence-corrected chi connectivity index (χ2v) is 5.96. The van der Waals surface area contributed by atoms with Gasteiger partial charge in [0.1, 0.15) is 0 Å². The molecule has 1 rings (SSSR count). The predicted octanol–water partition coefficient (Wildman–Crippen LogP) is 1.88.